The van der Waals surface area contributed by atoms with Crippen LogP contribution in [-0.2, 0) is 4.74 Å². The van der Waals surface area contributed by atoms with E-state index in [0.29, 0.717) is 13.2 Å². The number of aromatic nitrogens is 1. The molecule has 0 radical (unpaired) electrons. The van der Waals surface area contributed by atoms with Gasteiger partial charge in [0.2, 0.25) is 0 Å². The van der Waals surface area contributed by atoms with E-state index >= 15 is 0 Å². The van der Waals surface area contributed by atoms with Crippen molar-refractivity contribution in [2.45, 2.75) is 18.9 Å². The number of aromatic carboxylic acids is 1. The predicted molar refractivity (Wildman–Crippen MR) is 50.9 cm³/mol. The number of hydrogen-bond acceptors (Lipinski definition) is 5. The molecule has 6 nitrogen and oxygen atoms in total. The zero-order valence-corrected chi connectivity index (χ0v) is 8.10. The van der Waals surface area contributed by atoms with Gasteiger partial charge >= 0.3 is 5.97 Å². The van der Waals surface area contributed by atoms with Crippen LogP contribution in [0.15, 0.2) is 10.7 Å². The molecule has 0 saturated carbocycles. The standard InChI is InChI=1S/C9H12N2O4/c12-8(13)7-5-15-9(11-7)10-6-1-3-14-4-2-6/h5-6H,1-4H2,(H,10,11)(H,12,13). The maximum absolute atomic E-state index is 10.5. The van der Waals surface area contributed by atoms with Crippen molar-refractivity contribution in [2.75, 3.05) is 18.5 Å². The Hall–Kier alpha value is -1.56. The molecule has 0 bridgehead atoms. The highest BCUT2D eigenvalue weighted by Crippen LogP contribution is 2.14. The van der Waals surface area contributed by atoms with Gasteiger partial charge in [0, 0.05) is 19.3 Å². The number of rotatable bonds is 3. The molecule has 1 aromatic heterocycles. The van der Waals surface area contributed by atoms with E-state index in [1.54, 1.807) is 0 Å². The summed E-state index contributed by atoms with van der Waals surface area (Å²) in [5, 5.41) is 11.7. The van der Waals surface area contributed by atoms with Gasteiger partial charge < -0.3 is 19.6 Å². The Morgan fingerprint density at radius 2 is 2.27 bits per heavy atom. The number of anilines is 1. The number of nitrogens with zero attached hydrogens (tertiary/aromatic N) is 1. The molecule has 2 rings (SSSR count). The van der Waals surface area contributed by atoms with E-state index in [-0.39, 0.29) is 17.8 Å². The van der Waals surface area contributed by atoms with E-state index in [9.17, 15) is 4.79 Å². The third-order valence-corrected chi connectivity index (χ3v) is 2.27. The minimum Gasteiger partial charge on any atom is -0.476 e. The van der Waals surface area contributed by atoms with Crippen molar-refractivity contribution in [3.05, 3.63) is 12.0 Å². The fourth-order valence-corrected chi connectivity index (χ4v) is 1.45. The molecule has 0 aromatic carbocycles. The van der Waals surface area contributed by atoms with Crippen LogP contribution in [0.5, 0.6) is 0 Å². The molecule has 15 heavy (non-hydrogen) atoms. The largest absolute Gasteiger partial charge is 0.476 e. The van der Waals surface area contributed by atoms with Crippen molar-refractivity contribution in [3.8, 4) is 0 Å². The summed E-state index contributed by atoms with van der Waals surface area (Å²) in [6, 6.07) is 0.512. The zero-order valence-electron chi connectivity index (χ0n) is 8.10. The van der Waals surface area contributed by atoms with Gasteiger partial charge in [-0.15, -0.1) is 0 Å². The van der Waals surface area contributed by atoms with E-state index in [4.69, 9.17) is 14.3 Å². The van der Waals surface area contributed by atoms with Gasteiger partial charge in [0.05, 0.1) is 0 Å². The maximum Gasteiger partial charge on any atom is 0.357 e. The molecule has 6 heteroatoms. The first-order valence-corrected chi connectivity index (χ1v) is 4.79. The topological polar surface area (TPSA) is 84.6 Å². The molecule has 0 amide bonds. The first-order chi connectivity index (χ1) is 7.25. The molecule has 82 valence electrons. The third kappa shape index (κ3) is 2.47. The minimum absolute atomic E-state index is 0.0791. The summed E-state index contributed by atoms with van der Waals surface area (Å²) in [4.78, 5) is 14.3. The number of oxazole rings is 1. The number of ether oxygens (including phenoxy) is 1. The highest BCUT2D eigenvalue weighted by atomic mass is 16.5. The summed E-state index contributed by atoms with van der Waals surface area (Å²) in [5.74, 6) is -1.08. The van der Waals surface area contributed by atoms with Crippen molar-refractivity contribution in [3.63, 3.8) is 0 Å². The van der Waals surface area contributed by atoms with Crippen LogP contribution in [0.25, 0.3) is 0 Å². The van der Waals surface area contributed by atoms with Gasteiger partial charge in [-0.05, 0) is 12.8 Å². The van der Waals surface area contributed by atoms with Crippen LogP contribution in [0, 0.1) is 0 Å². The second-order valence-electron chi connectivity index (χ2n) is 3.37. The first kappa shape index (κ1) is 9.97. The Bertz CT molecular complexity index is 344. The summed E-state index contributed by atoms with van der Waals surface area (Å²) in [5.41, 5.74) is -0.0791. The smallest absolute Gasteiger partial charge is 0.357 e. The molecular weight excluding hydrogens is 200 g/mol. The Balaban J connectivity index is 1.94. The van der Waals surface area contributed by atoms with Crippen LogP contribution in [0.1, 0.15) is 23.3 Å². The lowest BCUT2D eigenvalue weighted by atomic mass is 10.1. The number of hydrogen-bond donors (Lipinski definition) is 2. The van der Waals surface area contributed by atoms with Gasteiger partial charge in [0.1, 0.15) is 6.26 Å². The average molecular weight is 212 g/mol. The Kier molecular flexibility index (Phi) is 2.86. The summed E-state index contributed by atoms with van der Waals surface area (Å²) in [6.45, 7) is 1.42. The molecule has 1 fully saturated rings. The molecule has 0 aliphatic carbocycles. The number of carbonyl (C=O) groups is 1. The second-order valence-corrected chi connectivity index (χ2v) is 3.37. The first-order valence-electron chi connectivity index (χ1n) is 4.79. The van der Waals surface area contributed by atoms with E-state index in [1.807, 2.05) is 0 Å². The third-order valence-electron chi connectivity index (χ3n) is 2.27. The van der Waals surface area contributed by atoms with Crippen LogP contribution >= 0.6 is 0 Å². The van der Waals surface area contributed by atoms with E-state index < -0.39 is 5.97 Å². The van der Waals surface area contributed by atoms with Crippen molar-refractivity contribution in [1.29, 1.82) is 0 Å². The summed E-state index contributed by atoms with van der Waals surface area (Å²) >= 11 is 0. The van der Waals surface area contributed by atoms with Crippen molar-refractivity contribution >= 4 is 12.0 Å². The van der Waals surface area contributed by atoms with Crippen LogP contribution in [-0.4, -0.2) is 35.3 Å². The van der Waals surface area contributed by atoms with E-state index in [1.165, 1.54) is 0 Å². The van der Waals surface area contributed by atoms with Gasteiger partial charge in [-0.1, -0.05) is 0 Å². The fourth-order valence-electron chi connectivity index (χ4n) is 1.45. The SMILES string of the molecule is O=C(O)c1coc(NC2CCOCC2)n1. The fraction of sp³-hybridized carbons (Fsp3) is 0.556. The van der Waals surface area contributed by atoms with Crippen molar-refractivity contribution in [1.82, 2.24) is 4.98 Å². The van der Waals surface area contributed by atoms with Gasteiger partial charge in [-0.2, -0.15) is 4.98 Å². The van der Waals surface area contributed by atoms with Crippen molar-refractivity contribution in [2.24, 2.45) is 0 Å². The van der Waals surface area contributed by atoms with E-state index in [0.717, 1.165) is 19.1 Å². The average Bonchev–Trinajstić information content (AvgIpc) is 2.68. The molecule has 2 N–H and O–H groups in total. The van der Waals surface area contributed by atoms with Crippen LogP contribution in [0.2, 0.25) is 0 Å². The summed E-state index contributed by atoms with van der Waals surface area (Å²) in [6.07, 6.45) is 2.89. The monoisotopic (exact) mass is 212 g/mol. The minimum atomic E-state index is -1.08. The van der Waals surface area contributed by atoms with Gasteiger partial charge in [0.15, 0.2) is 5.69 Å². The normalized spacial score (nSPS) is 17.6. The quantitative estimate of drug-likeness (QED) is 0.776. The Morgan fingerprint density at radius 3 is 2.87 bits per heavy atom. The number of carboxylic acids is 1. The molecule has 0 unspecified atom stereocenters. The number of nitrogens with one attached hydrogen (secondary N) is 1. The predicted octanol–water partition coefficient (Wildman–Crippen LogP) is 0.964. The molecular formula is C9H12N2O4. The van der Waals surface area contributed by atoms with Crippen LogP contribution in [0.3, 0.4) is 0 Å². The second kappa shape index (κ2) is 4.31. The molecule has 1 aliphatic rings. The lowest BCUT2D eigenvalue weighted by Crippen LogP contribution is -2.27. The molecule has 0 spiro atoms. The van der Waals surface area contributed by atoms with Gasteiger partial charge in [-0.3, -0.25) is 0 Å². The summed E-state index contributed by atoms with van der Waals surface area (Å²) < 4.78 is 10.2. The summed E-state index contributed by atoms with van der Waals surface area (Å²) in [7, 11) is 0. The molecule has 1 saturated heterocycles. The molecule has 1 aliphatic heterocycles. The highest BCUT2D eigenvalue weighted by Gasteiger charge is 2.17. The molecule has 1 aromatic rings. The van der Waals surface area contributed by atoms with Crippen LogP contribution < -0.4 is 5.32 Å². The van der Waals surface area contributed by atoms with E-state index in [2.05, 4.69) is 10.3 Å². The van der Waals surface area contributed by atoms with Gasteiger partial charge in [-0.25, -0.2) is 4.79 Å². The lowest BCUT2D eigenvalue weighted by molar-refractivity contribution is 0.0690. The maximum atomic E-state index is 10.5. The number of carboxylic acid groups (broad SMARTS) is 1. The van der Waals surface area contributed by atoms with Gasteiger partial charge in [0.25, 0.3) is 6.01 Å². The Morgan fingerprint density at radius 1 is 1.53 bits per heavy atom. The van der Waals surface area contributed by atoms with Crippen molar-refractivity contribution < 1.29 is 19.1 Å². The molecule has 2 heterocycles. The zero-order chi connectivity index (χ0) is 10.7. The highest BCUT2D eigenvalue weighted by molar-refractivity contribution is 5.85. The Labute approximate surface area is 86.2 Å². The van der Waals surface area contributed by atoms with Crippen LogP contribution in [0.4, 0.5) is 6.01 Å². The lowest BCUT2D eigenvalue weighted by Gasteiger charge is -2.21. The molecule has 0 atom stereocenters.